The van der Waals surface area contributed by atoms with E-state index in [9.17, 15) is 14.4 Å². The minimum atomic E-state index is -1.23. The Morgan fingerprint density at radius 3 is 2.00 bits per heavy atom. The highest BCUT2D eigenvalue weighted by molar-refractivity contribution is 6.06. The van der Waals surface area contributed by atoms with E-state index in [0.717, 1.165) is 0 Å². The molecule has 0 aliphatic rings. The lowest BCUT2D eigenvalue weighted by atomic mass is 10.0. The minimum absolute atomic E-state index is 0.256. The topological polar surface area (TPSA) is 131 Å². The number of hydrogen-bond donors (Lipinski definition) is 4. The summed E-state index contributed by atoms with van der Waals surface area (Å²) in [5.41, 5.74) is 6.69. The minimum Gasteiger partial charge on any atom is -0.465 e. The van der Waals surface area contributed by atoms with Crippen molar-refractivity contribution in [1.82, 2.24) is 0 Å². The van der Waals surface area contributed by atoms with Gasteiger partial charge in [-0.2, -0.15) is 0 Å². The number of nitrogens with one attached hydrogen (secondary N) is 2. The number of amides is 2. The van der Waals surface area contributed by atoms with Crippen LogP contribution in [0.25, 0.3) is 0 Å². The summed E-state index contributed by atoms with van der Waals surface area (Å²) >= 11 is 0. The molecule has 2 rings (SSSR count). The first-order valence-electron chi connectivity index (χ1n) is 8.55. The Kier molecular flexibility index (Phi) is 6.37. The molecular formula is C20H23N3O5. The molecule has 2 aromatic rings. The van der Waals surface area contributed by atoms with Crippen molar-refractivity contribution in [3.05, 3.63) is 59.7 Å². The third-order valence-electron chi connectivity index (χ3n) is 3.61. The average Bonchev–Trinajstić information content (AvgIpc) is 2.61. The first-order chi connectivity index (χ1) is 13.1. The third-order valence-corrected chi connectivity index (χ3v) is 3.61. The van der Waals surface area contributed by atoms with Crippen LogP contribution in [-0.2, 0) is 9.53 Å². The third kappa shape index (κ3) is 5.82. The predicted octanol–water partition coefficient (Wildman–Crippen LogP) is 3.37. The van der Waals surface area contributed by atoms with Crippen molar-refractivity contribution in [2.75, 3.05) is 10.6 Å². The molecule has 1 atom stereocenters. The second kappa shape index (κ2) is 8.53. The summed E-state index contributed by atoms with van der Waals surface area (Å²) in [6, 6.07) is 11.7. The highest BCUT2D eigenvalue weighted by Gasteiger charge is 2.23. The zero-order valence-electron chi connectivity index (χ0n) is 15.9. The molecule has 148 valence electrons. The fourth-order valence-corrected chi connectivity index (χ4v) is 2.35. The summed E-state index contributed by atoms with van der Waals surface area (Å²) in [6.45, 7) is 5.26. The maximum absolute atomic E-state index is 12.4. The smallest absolute Gasteiger partial charge is 0.409 e. The van der Waals surface area contributed by atoms with Crippen molar-refractivity contribution >= 4 is 29.3 Å². The van der Waals surface area contributed by atoms with Gasteiger partial charge in [0.2, 0.25) is 0 Å². The lowest BCUT2D eigenvalue weighted by molar-refractivity contribution is -0.156. The summed E-state index contributed by atoms with van der Waals surface area (Å²) < 4.78 is 5.26. The zero-order chi connectivity index (χ0) is 20.9. The van der Waals surface area contributed by atoms with Gasteiger partial charge in [0, 0.05) is 5.56 Å². The van der Waals surface area contributed by atoms with Gasteiger partial charge in [0.05, 0.1) is 11.4 Å². The van der Waals surface area contributed by atoms with Crippen LogP contribution in [0.2, 0.25) is 0 Å². The second-order valence-corrected chi connectivity index (χ2v) is 7.06. The second-order valence-electron chi connectivity index (χ2n) is 7.06. The maximum atomic E-state index is 12.4. The molecule has 2 aromatic carbocycles. The molecule has 0 aromatic heterocycles. The number of rotatable bonds is 5. The quantitative estimate of drug-likeness (QED) is 0.584. The number of nitrogens with two attached hydrogens (primary N) is 1. The molecular weight excluding hydrogens is 362 g/mol. The van der Waals surface area contributed by atoms with Gasteiger partial charge in [0.1, 0.15) is 11.6 Å². The maximum Gasteiger partial charge on any atom is 0.409 e. The molecule has 0 spiro atoms. The van der Waals surface area contributed by atoms with Crippen LogP contribution >= 0.6 is 0 Å². The van der Waals surface area contributed by atoms with Gasteiger partial charge >= 0.3 is 12.1 Å². The molecule has 0 bridgehead atoms. The average molecular weight is 385 g/mol. The van der Waals surface area contributed by atoms with Gasteiger partial charge in [-0.05, 0) is 50.6 Å². The van der Waals surface area contributed by atoms with Gasteiger partial charge in [-0.1, -0.05) is 24.3 Å². The van der Waals surface area contributed by atoms with Crippen molar-refractivity contribution in [3.63, 3.8) is 0 Å². The van der Waals surface area contributed by atoms with Gasteiger partial charge in [-0.3, -0.25) is 10.1 Å². The summed E-state index contributed by atoms with van der Waals surface area (Å²) in [5, 5.41) is 13.7. The molecule has 0 saturated carbocycles. The van der Waals surface area contributed by atoms with E-state index in [2.05, 4.69) is 10.6 Å². The Morgan fingerprint density at radius 1 is 0.964 bits per heavy atom. The highest BCUT2D eigenvalue weighted by atomic mass is 16.6. The molecule has 8 nitrogen and oxygen atoms in total. The van der Waals surface area contributed by atoms with Crippen LogP contribution in [0.4, 0.5) is 16.2 Å². The number of esters is 1. The summed E-state index contributed by atoms with van der Waals surface area (Å²) in [6.07, 6.45) is -1.23. The Balaban J connectivity index is 2.10. The summed E-state index contributed by atoms with van der Waals surface area (Å²) in [7, 11) is 0. The SMILES string of the molecule is CC(C)(C)OC(=O)C(N)c1ccc(C(=O)Nc2ccccc2NC(=O)O)cc1. The highest BCUT2D eigenvalue weighted by Crippen LogP contribution is 2.22. The van der Waals surface area contributed by atoms with Crippen molar-refractivity contribution in [2.24, 2.45) is 5.73 Å². The van der Waals surface area contributed by atoms with E-state index >= 15 is 0 Å². The van der Waals surface area contributed by atoms with Crippen molar-refractivity contribution in [2.45, 2.75) is 32.4 Å². The van der Waals surface area contributed by atoms with Crippen molar-refractivity contribution in [3.8, 4) is 0 Å². The monoisotopic (exact) mass is 385 g/mol. The first kappa shape index (κ1) is 20.9. The molecule has 0 fully saturated rings. The number of carbonyl (C=O) groups excluding carboxylic acids is 2. The normalized spacial score (nSPS) is 12.0. The van der Waals surface area contributed by atoms with E-state index in [1.807, 2.05) is 0 Å². The Bertz CT molecular complexity index is 872. The Morgan fingerprint density at radius 2 is 1.50 bits per heavy atom. The lowest BCUT2D eigenvalue weighted by Gasteiger charge is -2.22. The van der Waals surface area contributed by atoms with Crippen LogP contribution in [0.15, 0.2) is 48.5 Å². The number of para-hydroxylation sites is 2. The van der Waals surface area contributed by atoms with E-state index in [1.165, 1.54) is 18.2 Å². The van der Waals surface area contributed by atoms with Gasteiger partial charge < -0.3 is 20.9 Å². The molecule has 0 heterocycles. The van der Waals surface area contributed by atoms with Crippen molar-refractivity contribution in [1.29, 1.82) is 0 Å². The number of benzene rings is 2. The summed E-state index contributed by atoms with van der Waals surface area (Å²) in [5.74, 6) is -0.990. The number of carbonyl (C=O) groups is 3. The molecule has 8 heteroatoms. The predicted molar refractivity (Wildman–Crippen MR) is 105 cm³/mol. The van der Waals surface area contributed by atoms with Crippen LogP contribution in [-0.4, -0.2) is 28.7 Å². The molecule has 0 saturated heterocycles. The van der Waals surface area contributed by atoms with Crippen LogP contribution in [0, 0.1) is 0 Å². The van der Waals surface area contributed by atoms with Gasteiger partial charge in [0.15, 0.2) is 0 Å². The zero-order valence-corrected chi connectivity index (χ0v) is 15.9. The molecule has 5 N–H and O–H groups in total. The molecule has 28 heavy (non-hydrogen) atoms. The Hall–Kier alpha value is -3.39. The lowest BCUT2D eigenvalue weighted by Crippen LogP contribution is -2.31. The van der Waals surface area contributed by atoms with Crippen molar-refractivity contribution < 1.29 is 24.2 Å². The number of carboxylic acid groups (broad SMARTS) is 1. The van der Waals surface area contributed by atoms with Crippen LogP contribution in [0.5, 0.6) is 0 Å². The molecule has 0 aliphatic carbocycles. The van der Waals surface area contributed by atoms with Crippen LogP contribution in [0.3, 0.4) is 0 Å². The number of hydrogen-bond acceptors (Lipinski definition) is 5. The van der Waals surface area contributed by atoms with Gasteiger partial charge in [-0.25, -0.2) is 9.59 Å². The molecule has 2 amide bonds. The Labute approximate surface area is 162 Å². The fraction of sp³-hybridized carbons (Fsp3) is 0.250. The molecule has 1 unspecified atom stereocenters. The van der Waals surface area contributed by atoms with Crippen LogP contribution in [0.1, 0.15) is 42.7 Å². The van der Waals surface area contributed by atoms with Gasteiger partial charge in [-0.15, -0.1) is 0 Å². The molecule has 0 radical (unpaired) electrons. The standard InChI is InChI=1S/C20H23N3O5/c1-20(2,3)28-18(25)16(21)12-8-10-13(11-9-12)17(24)22-14-6-4-5-7-15(14)23-19(26)27/h4-11,16,23H,21H2,1-3H3,(H,22,24)(H,26,27). The fourth-order valence-electron chi connectivity index (χ4n) is 2.35. The molecule has 0 aliphatic heterocycles. The van der Waals surface area contributed by atoms with E-state index in [4.69, 9.17) is 15.6 Å². The van der Waals surface area contributed by atoms with E-state index in [-0.39, 0.29) is 5.69 Å². The van der Waals surface area contributed by atoms with Gasteiger partial charge in [0.25, 0.3) is 5.91 Å². The first-order valence-corrected chi connectivity index (χ1v) is 8.55. The van der Waals surface area contributed by atoms with E-state index < -0.39 is 29.6 Å². The van der Waals surface area contributed by atoms with E-state index in [1.54, 1.807) is 51.1 Å². The number of anilines is 2. The summed E-state index contributed by atoms with van der Waals surface area (Å²) in [4.78, 5) is 35.4. The van der Waals surface area contributed by atoms with E-state index in [0.29, 0.717) is 16.8 Å². The number of ether oxygens (including phenoxy) is 1. The van der Waals surface area contributed by atoms with Crippen LogP contribution < -0.4 is 16.4 Å². The largest absolute Gasteiger partial charge is 0.465 e.